The van der Waals surface area contributed by atoms with Crippen LogP contribution in [-0.4, -0.2) is 10.9 Å². The molecule has 0 fully saturated rings. The molecule has 2 aromatic rings. The van der Waals surface area contributed by atoms with Crippen molar-refractivity contribution in [1.82, 2.24) is 10.3 Å². The van der Waals surface area contributed by atoms with Crippen molar-refractivity contribution in [2.45, 2.75) is 38.6 Å². The molecule has 1 aromatic heterocycles. The second-order valence-corrected chi connectivity index (χ2v) is 6.09. The van der Waals surface area contributed by atoms with Crippen LogP contribution < -0.4 is 5.32 Å². The van der Waals surface area contributed by atoms with E-state index in [-0.39, 0.29) is 11.9 Å². The summed E-state index contributed by atoms with van der Waals surface area (Å²) in [4.78, 5) is 15.1. The summed E-state index contributed by atoms with van der Waals surface area (Å²) in [6.07, 6.45) is 3.50. The fourth-order valence-electron chi connectivity index (χ4n) is 2.96. The lowest BCUT2D eigenvalue weighted by Crippen LogP contribution is -2.26. The number of aromatic nitrogens is 1. The fourth-order valence-corrected chi connectivity index (χ4v) is 2.96. The summed E-state index contributed by atoms with van der Waals surface area (Å²) in [5.74, 6) is 0.343. The van der Waals surface area contributed by atoms with Crippen LogP contribution in [0, 0.1) is 11.3 Å². The first kappa shape index (κ1) is 14.4. The summed E-state index contributed by atoms with van der Waals surface area (Å²) in [6, 6.07) is 10.2. The lowest BCUT2D eigenvalue weighted by molar-refractivity contribution is 0.0937. The summed E-state index contributed by atoms with van der Waals surface area (Å²) < 4.78 is 0. The van der Waals surface area contributed by atoms with E-state index in [1.807, 2.05) is 6.07 Å². The predicted octanol–water partition coefficient (Wildman–Crippen LogP) is 3.43. The third-order valence-corrected chi connectivity index (χ3v) is 4.29. The number of hydrogen-bond acceptors (Lipinski definition) is 2. The molecule has 1 unspecified atom stereocenters. The Morgan fingerprint density at radius 2 is 2.23 bits per heavy atom. The van der Waals surface area contributed by atoms with Gasteiger partial charge in [-0.15, -0.1) is 0 Å². The van der Waals surface area contributed by atoms with Gasteiger partial charge in [-0.05, 0) is 41.5 Å². The van der Waals surface area contributed by atoms with Gasteiger partial charge in [-0.1, -0.05) is 32.0 Å². The number of H-pyrrole nitrogens is 1. The van der Waals surface area contributed by atoms with Crippen LogP contribution in [0.25, 0.3) is 0 Å². The van der Waals surface area contributed by atoms with Gasteiger partial charge in [-0.25, -0.2) is 0 Å². The molecule has 0 spiro atoms. The monoisotopic (exact) mass is 293 g/mol. The van der Waals surface area contributed by atoms with Crippen LogP contribution in [0.15, 0.2) is 30.5 Å². The molecule has 0 aliphatic heterocycles. The summed E-state index contributed by atoms with van der Waals surface area (Å²) in [7, 11) is 0. The summed E-state index contributed by atoms with van der Waals surface area (Å²) in [5.41, 5.74) is 4.76. The molecule has 0 radical (unpaired) electrons. The van der Waals surface area contributed by atoms with E-state index in [2.05, 4.69) is 42.3 Å². The first-order valence-corrected chi connectivity index (χ1v) is 7.60. The number of nitrogens with one attached hydrogen (secondary N) is 2. The van der Waals surface area contributed by atoms with Gasteiger partial charge in [0.2, 0.25) is 0 Å². The zero-order chi connectivity index (χ0) is 15.7. The largest absolute Gasteiger partial charge is 0.352 e. The third kappa shape index (κ3) is 2.62. The van der Waals surface area contributed by atoms with E-state index in [9.17, 15) is 4.79 Å². The smallest absolute Gasteiger partial charge is 0.253 e. The van der Waals surface area contributed by atoms with E-state index >= 15 is 0 Å². The van der Waals surface area contributed by atoms with Crippen molar-refractivity contribution < 1.29 is 4.79 Å². The van der Waals surface area contributed by atoms with E-state index in [1.54, 1.807) is 12.3 Å². The zero-order valence-corrected chi connectivity index (χ0v) is 12.8. The number of amides is 1. The molecule has 4 nitrogen and oxygen atoms in total. The number of nitriles is 1. The maximum atomic E-state index is 12.3. The molecule has 1 amide bonds. The Balaban J connectivity index is 1.80. The van der Waals surface area contributed by atoms with Crippen LogP contribution in [0.4, 0.5) is 0 Å². The molecule has 112 valence electrons. The molecule has 0 bridgehead atoms. The minimum Gasteiger partial charge on any atom is -0.352 e. The number of nitrogens with zero attached hydrogens (tertiary/aromatic N) is 1. The van der Waals surface area contributed by atoms with Crippen molar-refractivity contribution in [1.29, 1.82) is 5.26 Å². The molecule has 1 heterocycles. The summed E-state index contributed by atoms with van der Waals surface area (Å²) in [5, 5.41) is 11.9. The van der Waals surface area contributed by atoms with Crippen LogP contribution in [-0.2, 0) is 6.42 Å². The highest BCUT2D eigenvalue weighted by molar-refractivity contribution is 5.94. The van der Waals surface area contributed by atoms with Crippen molar-refractivity contribution >= 4 is 5.91 Å². The number of aromatic amines is 1. The predicted molar refractivity (Wildman–Crippen MR) is 84.6 cm³/mol. The van der Waals surface area contributed by atoms with Gasteiger partial charge >= 0.3 is 0 Å². The molecule has 1 aliphatic rings. The highest BCUT2D eigenvalue weighted by Crippen LogP contribution is 2.33. The topological polar surface area (TPSA) is 68.7 Å². The second kappa shape index (κ2) is 5.69. The van der Waals surface area contributed by atoms with Gasteiger partial charge in [-0.3, -0.25) is 4.79 Å². The number of benzene rings is 1. The Morgan fingerprint density at radius 3 is 2.91 bits per heavy atom. The average molecular weight is 293 g/mol. The molecule has 3 rings (SSSR count). The average Bonchev–Trinajstić information content (AvgIpc) is 3.13. The van der Waals surface area contributed by atoms with E-state index in [0.717, 1.165) is 12.8 Å². The van der Waals surface area contributed by atoms with Gasteiger partial charge in [0.25, 0.3) is 5.91 Å². The minimum atomic E-state index is -0.134. The van der Waals surface area contributed by atoms with Crippen LogP contribution in [0.5, 0.6) is 0 Å². The zero-order valence-electron chi connectivity index (χ0n) is 12.8. The van der Waals surface area contributed by atoms with Crippen molar-refractivity contribution in [3.8, 4) is 6.07 Å². The number of hydrogen-bond donors (Lipinski definition) is 2. The van der Waals surface area contributed by atoms with E-state index in [1.165, 1.54) is 16.7 Å². The Bertz CT molecular complexity index is 752. The molecule has 1 atom stereocenters. The van der Waals surface area contributed by atoms with Crippen molar-refractivity contribution in [2.75, 3.05) is 0 Å². The second-order valence-electron chi connectivity index (χ2n) is 6.09. The van der Waals surface area contributed by atoms with Crippen LogP contribution >= 0.6 is 0 Å². The Kier molecular flexibility index (Phi) is 3.72. The molecule has 4 heteroatoms. The highest BCUT2D eigenvalue weighted by Gasteiger charge is 2.25. The highest BCUT2D eigenvalue weighted by atomic mass is 16.1. The molecule has 22 heavy (non-hydrogen) atoms. The number of rotatable bonds is 3. The summed E-state index contributed by atoms with van der Waals surface area (Å²) >= 11 is 0. The Labute approximate surface area is 130 Å². The minimum absolute atomic E-state index is 0.0571. The number of carbonyl (C=O) groups is 1. The number of fused-ring (bicyclic) bond motifs is 1. The van der Waals surface area contributed by atoms with Crippen LogP contribution in [0.3, 0.4) is 0 Å². The molecular weight excluding hydrogens is 274 g/mol. The lowest BCUT2D eigenvalue weighted by atomic mass is 9.97. The van der Waals surface area contributed by atoms with Gasteiger partial charge in [-0.2, -0.15) is 5.26 Å². The van der Waals surface area contributed by atoms with E-state index in [0.29, 0.717) is 17.2 Å². The van der Waals surface area contributed by atoms with Crippen molar-refractivity contribution in [2.24, 2.45) is 0 Å². The Morgan fingerprint density at radius 1 is 1.41 bits per heavy atom. The first-order valence-electron chi connectivity index (χ1n) is 7.60. The Hall–Kier alpha value is -2.54. The van der Waals surface area contributed by atoms with Gasteiger partial charge in [0.1, 0.15) is 11.8 Å². The maximum absolute atomic E-state index is 12.3. The van der Waals surface area contributed by atoms with Gasteiger partial charge in [0.15, 0.2) is 0 Å². The maximum Gasteiger partial charge on any atom is 0.253 e. The van der Waals surface area contributed by atoms with Crippen LogP contribution in [0.2, 0.25) is 0 Å². The first-order chi connectivity index (χ1) is 10.6. The molecule has 1 aromatic carbocycles. The molecule has 0 saturated carbocycles. The third-order valence-electron chi connectivity index (χ3n) is 4.29. The van der Waals surface area contributed by atoms with Gasteiger partial charge in [0, 0.05) is 6.20 Å². The SMILES string of the molecule is CC(C)c1ccc2c(c1)C(NC(=O)c1c[nH]c(C#N)c1)CC2. The van der Waals surface area contributed by atoms with Crippen molar-refractivity contribution in [3.63, 3.8) is 0 Å². The molecule has 0 saturated heterocycles. The lowest BCUT2D eigenvalue weighted by Gasteiger charge is -2.15. The quantitative estimate of drug-likeness (QED) is 0.910. The van der Waals surface area contributed by atoms with E-state index < -0.39 is 0 Å². The summed E-state index contributed by atoms with van der Waals surface area (Å²) in [6.45, 7) is 4.35. The van der Waals surface area contributed by atoms with Gasteiger partial charge in [0.05, 0.1) is 11.6 Å². The molecular formula is C18H19N3O. The van der Waals surface area contributed by atoms with Crippen molar-refractivity contribution in [3.05, 3.63) is 58.4 Å². The number of carbonyl (C=O) groups excluding carboxylic acids is 1. The number of aryl methyl sites for hydroxylation is 1. The van der Waals surface area contributed by atoms with Gasteiger partial charge < -0.3 is 10.3 Å². The standard InChI is InChI=1S/C18H19N3O/c1-11(2)13-4-3-12-5-6-17(16(12)8-13)21-18(22)14-7-15(9-19)20-10-14/h3-4,7-8,10-11,17,20H,5-6H2,1-2H3,(H,21,22). The van der Waals surface area contributed by atoms with E-state index in [4.69, 9.17) is 5.26 Å². The molecule has 1 aliphatic carbocycles. The fraction of sp³-hybridized carbons (Fsp3) is 0.333. The van der Waals surface area contributed by atoms with Crippen LogP contribution in [0.1, 0.15) is 65.0 Å². The molecule has 2 N–H and O–H groups in total. The normalized spacial score (nSPS) is 16.4.